The second kappa shape index (κ2) is 9.64. The van der Waals surface area contributed by atoms with E-state index in [2.05, 4.69) is 9.97 Å². The number of fused-ring (bicyclic) bond motifs is 1. The molecule has 0 saturated heterocycles. The molecular weight excluding hydrogens is 440 g/mol. The number of nitro benzene ring substituents is 1. The largest absolute Gasteiger partial charge is 0.462 e. The second-order valence-electron chi connectivity index (χ2n) is 6.58. The molecule has 0 aliphatic heterocycles. The third kappa shape index (κ3) is 4.97. The van der Waals surface area contributed by atoms with Crippen LogP contribution in [0.3, 0.4) is 0 Å². The van der Waals surface area contributed by atoms with Crippen molar-refractivity contribution >= 4 is 46.3 Å². The molecule has 32 heavy (non-hydrogen) atoms. The number of aromatic nitrogens is 2. The van der Waals surface area contributed by atoms with Crippen LogP contribution in [-0.2, 0) is 20.9 Å². The van der Waals surface area contributed by atoms with Crippen LogP contribution in [0, 0.1) is 17.0 Å². The Bertz CT molecular complexity index is 1180. The highest BCUT2D eigenvalue weighted by molar-refractivity contribution is 8.00. The Morgan fingerprint density at radius 1 is 1.25 bits per heavy atom. The maximum absolute atomic E-state index is 12.3. The van der Waals surface area contributed by atoms with E-state index >= 15 is 0 Å². The Kier molecular flexibility index (Phi) is 6.93. The summed E-state index contributed by atoms with van der Waals surface area (Å²) in [5.74, 6) is -0.704. The number of hydrogen-bond donors (Lipinski definition) is 1. The Labute approximate surface area is 186 Å². The number of anilines is 1. The van der Waals surface area contributed by atoms with Crippen molar-refractivity contribution in [1.29, 1.82) is 0 Å². The van der Waals surface area contributed by atoms with Gasteiger partial charge < -0.3 is 19.6 Å². The molecule has 1 atom stereocenters. The molecule has 3 aromatic rings. The van der Waals surface area contributed by atoms with Crippen LogP contribution in [0.25, 0.3) is 11.1 Å². The number of nitrogen functional groups attached to an aromatic ring is 1. The lowest BCUT2D eigenvalue weighted by molar-refractivity contribution is -0.384. The van der Waals surface area contributed by atoms with Crippen LogP contribution in [0.1, 0.15) is 35.8 Å². The highest BCUT2D eigenvalue weighted by Crippen LogP contribution is 2.29. The third-order valence-corrected chi connectivity index (χ3v) is 5.41. The average molecular weight is 460 g/mol. The molecule has 1 aromatic carbocycles. The molecule has 0 aliphatic rings. The number of carbonyl (C=O) groups excluding carboxylic acids is 2. The van der Waals surface area contributed by atoms with Crippen molar-refractivity contribution in [1.82, 2.24) is 9.97 Å². The van der Waals surface area contributed by atoms with Gasteiger partial charge in [-0.25, -0.2) is 9.78 Å². The number of thioether (sulfide) groups is 1. The lowest BCUT2D eigenvalue weighted by Gasteiger charge is -2.11. The van der Waals surface area contributed by atoms with E-state index < -0.39 is 22.1 Å². The standard InChI is InChI=1S/C20H20N4O7S/c1-4-29-20(26)15-10(2)31-18-16(15)17(21)22-14(23-18)9-30-19(25)11(3)32-13-7-5-12(6-8-13)24(27)28/h5-8,11H,4,9H2,1-3H3,(H2,21,22,23). The summed E-state index contributed by atoms with van der Waals surface area (Å²) in [6.45, 7) is 4.86. The predicted molar refractivity (Wildman–Crippen MR) is 115 cm³/mol. The van der Waals surface area contributed by atoms with Crippen molar-refractivity contribution in [2.45, 2.75) is 37.5 Å². The molecule has 11 nitrogen and oxygen atoms in total. The highest BCUT2D eigenvalue weighted by atomic mass is 32.2. The number of esters is 2. The molecule has 12 heteroatoms. The van der Waals surface area contributed by atoms with Crippen molar-refractivity contribution in [3.63, 3.8) is 0 Å². The molecule has 0 amide bonds. The number of nitrogens with zero attached hydrogens (tertiary/aromatic N) is 3. The summed E-state index contributed by atoms with van der Waals surface area (Å²) in [6, 6.07) is 5.85. The third-order valence-electron chi connectivity index (χ3n) is 4.32. The molecule has 2 N–H and O–H groups in total. The summed E-state index contributed by atoms with van der Waals surface area (Å²) in [7, 11) is 0. The van der Waals surface area contributed by atoms with Gasteiger partial charge >= 0.3 is 11.9 Å². The van der Waals surface area contributed by atoms with Crippen LogP contribution in [0.5, 0.6) is 0 Å². The van der Waals surface area contributed by atoms with Crippen LogP contribution < -0.4 is 5.73 Å². The van der Waals surface area contributed by atoms with Crippen LogP contribution in [-0.4, -0.2) is 38.7 Å². The van der Waals surface area contributed by atoms with E-state index in [1.54, 1.807) is 32.9 Å². The summed E-state index contributed by atoms with van der Waals surface area (Å²) in [5, 5.41) is 10.4. The quantitative estimate of drug-likeness (QED) is 0.227. The van der Waals surface area contributed by atoms with Gasteiger partial charge in [-0.3, -0.25) is 14.9 Å². The van der Waals surface area contributed by atoms with Gasteiger partial charge in [0.1, 0.15) is 22.4 Å². The smallest absolute Gasteiger partial charge is 0.342 e. The van der Waals surface area contributed by atoms with Crippen molar-refractivity contribution in [3.05, 3.63) is 51.5 Å². The number of rotatable bonds is 8. The minimum Gasteiger partial charge on any atom is -0.462 e. The van der Waals surface area contributed by atoms with E-state index in [4.69, 9.17) is 19.6 Å². The van der Waals surface area contributed by atoms with Gasteiger partial charge in [0.25, 0.3) is 5.69 Å². The van der Waals surface area contributed by atoms with Crippen molar-refractivity contribution in [2.24, 2.45) is 0 Å². The average Bonchev–Trinajstić information content (AvgIpc) is 3.08. The maximum atomic E-state index is 12.3. The topological polar surface area (TPSA) is 161 Å². The first-order chi connectivity index (χ1) is 15.2. The number of non-ortho nitro benzene ring substituents is 1. The Morgan fingerprint density at radius 3 is 2.56 bits per heavy atom. The zero-order chi connectivity index (χ0) is 23.4. The van der Waals surface area contributed by atoms with Gasteiger partial charge in [0, 0.05) is 17.0 Å². The molecule has 1 unspecified atom stereocenters. The molecule has 0 aliphatic carbocycles. The first-order valence-electron chi connectivity index (χ1n) is 9.51. The van der Waals surface area contributed by atoms with Crippen LogP contribution in [0.2, 0.25) is 0 Å². The van der Waals surface area contributed by atoms with Gasteiger partial charge in [-0.05, 0) is 32.9 Å². The summed E-state index contributed by atoms with van der Waals surface area (Å²) in [6.07, 6.45) is 0. The molecule has 0 saturated carbocycles. The summed E-state index contributed by atoms with van der Waals surface area (Å²) < 4.78 is 15.8. The Balaban J connectivity index is 1.68. The van der Waals surface area contributed by atoms with Crippen molar-refractivity contribution in [2.75, 3.05) is 12.3 Å². The molecule has 0 spiro atoms. The number of furan rings is 1. The molecule has 2 heterocycles. The minimum absolute atomic E-state index is 0.00857. The van der Waals surface area contributed by atoms with Gasteiger partial charge in [0.05, 0.1) is 16.9 Å². The number of nitrogens with two attached hydrogens (primary N) is 1. The molecule has 168 valence electrons. The first kappa shape index (κ1) is 23.0. The van der Waals surface area contributed by atoms with E-state index in [9.17, 15) is 19.7 Å². The second-order valence-corrected chi connectivity index (χ2v) is 7.99. The van der Waals surface area contributed by atoms with Gasteiger partial charge in [0.15, 0.2) is 12.4 Å². The zero-order valence-electron chi connectivity index (χ0n) is 17.5. The van der Waals surface area contributed by atoms with Crippen molar-refractivity contribution in [3.8, 4) is 0 Å². The van der Waals surface area contributed by atoms with E-state index in [-0.39, 0.29) is 47.2 Å². The monoisotopic (exact) mass is 460 g/mol. The Morgan fingerprint density at radius 2 is 1.94 bits per heavy atom. The number of aryl methyl sites for hydroxylation is 1. The van der Waals surface area contributed by atoms with Gasteiger partial charge in [0.2, 0.25) is 5.71 Å². The molecule has 2 aromatic heterocycles. The zero-order valence-corrected chi connectivity index (χ0v) is 18.3. The number of carbonyl (C=O) groups is 2. The molecular formula is C20H20N4O7S. The van der Waals surface area contributed by atoms with E-state index in [1.165, 1.54) is 23.9 Å². The molecule has 3 rings (SSSR count). The van der Waals surface area contributed by atoms with E-state index in [1.807, 2.05) is 0 Å². The molecule has 0 bridgehead atoms. The normalized spacial score (nSPS) is 11.8. The summed E-state index contributed by atoms with van der Waals surface area (Å²) >= 11 is 1.19. The van der Waals surface area contributed by atoms with E-state index in [0.29, 0.717) is 10.7 Å². The van der Waals surface area contributed by atoms with Gasteiger partial charge in [-0.15, -0.1) is 11.8 Å². The first-order valence-corrected chi connectivity index (χ1v) is 10.4. The molecule has 0 radical (unpaired) electrons. The number of benzene rings is 1. The van der Waals surface area contributed by atoms with Crippen molar-refractivity contribution < 1.29 is 28.4 Å². The van der Waals surface area contributed by atoms with Gasteiger partial charge in [-0.1, -0.05) is 0 Å². The number of ether oxygens (including phenoxy) is 2. The van der Waals surface area contributed by atoms with Crippen LogP contribution in [0.4, 0.5) is 11.5 Å². The Hall–Kier alpha value is -3.67. The van der Waals surface area contributed by atoms with Crippen LogP contribution >= 0.6 is 11.8 Å². The lowest BCUT2D eigenvalue weighted by atomic mass is 10.2. The SMILES string of the molecule is CCOC(=O)c1c(C)oc2nc(COC(=O)C(C)Sc3ccc([N+](=O)[O-])cc3)nc(N)c12. The maximum Gasteiger partial charge on any atom is 0.342 e. The summed E-state index contributed by atoms with van der Waals surface area (Å²) in [5.41, 5.74) is 6.22. The van der Waals surface area contributed by atoms with Crippen LogP contribution in [0.15, 0.2) is 33.6 Å². The lowest BCUT2D eigenvalue weighted by Crippen LogP contribution is -2.17. The number of nitro groups is 1. The molecule has 0 fully saturated rings. The highest BCUT2D eigenvalue weighted by Gasteiger charge is 2.24. The predicted octanol–water partition coefficient (Wildman–Crippen LogP) is 3.42. The minimum atomic E-state index is -0.588. The number of hydrogen-bond acceptors (Lipinski definition) is 11. The fourth-order valence-electron chi connectivity index (χ4n) is 2.85. The summed E-state index contributed by atoms with van der Waals surface area (Å²) in [4.78, 5) is 43.7. The fourth-order valence-corrected chi connectivity index (χ4v) is 3.71. The fraction of sp³-hybridized carbons (Fsp3) is 0.300. The van der Waals surface area contributed by atoms with E-state index in [0.717, 1.165) is 0 Å². The van der Waals surface area contributed by atoms with Gasteiger partial charge in [-0.2, -0.15) is 4.98 Å².